The van der Waals surface area contributed by atoms with E-state index < -0.39 is 18.1 Å². The smallest absolute Gasteiger partial charge is 0.339 e. The van der Waals surface area contributed by atoms with Crippen LogP contribution in [0, 0.1) is 0 Å². The summed E-state index contributed by atoms with van der Waals surface area (Å²) in [5.74, 6) is -1.91. The van der Waals surface area contributed by atoms with Crippen molar-refractivity contribution in [3.63, 3.8) is 0 Å². The third-order valence-corrected chi connectivity index (χ3v) is 1.16. The zero-order chi connectivity index (χ0) is 8.48. The Balaban J connectivity index is 2.37. The Bertz CT molecular complexity index is 198. The molecule has 0 fully saturated rings. The van der Waals surface area contributed by atoms with Gasteiger partial charge in [0.15, 0.2) is 0 Å². The summed E-state index contributed by atoms with van der Waals surface area (Å²) < 4.78 is 34.5. The molecule has 0 spiro atoms. The van der Waals surface area contributed by atoms with Gasteiger partial charge in [-0.2, -0.15) is 13.2 Å². The highest BCUT2D eigenvalue weighted by molar-refractivity contribution is 5.86. The Morgan fingerprint density at radius 3 is 2.45 bits per heavy atom. The highest BCUT2D eigenvalue weighted by atomic mass is 19.4. The predicted octanol–water partition coefficient (Wildman–Crippen LogP) is 0.118. The predicted molar refractivity (Wildman–Crippen MR) is 31.3 cm³/mol. The third kappa shape index (κ3) is 1.92. The van der Waals surface area contributed by atoms with Crippen LogP contribution in [0.5, 0.6) is 0 Å². The molecular formula is C5H5F3N2O. The number of hydrogen-bond donors (Lipinski definition) is 1. The van der Waals surface area contributed by atoms with Crippen LogP contribution in [-0.2, 0) is 4.79 Å². The van der Waals surface area contributed by atoms with Crippen molar-refractivity contribution in [2.24, 2.45) is 4.99 Å². The van der Waals surface area contributed by atoms with E-state index in [-0.39, 0.29) is 6.54 Å². The number of amides is 1. The van der Waals surface area contributed by atoms with E-state index in [1.165, 1.54) is 6.21 Å². The molecular weight excluding hydrogens is 161 g/mol. The van der Waals surface area contributed by atoms with Gasteiger partial charge in [-0.25, -0.2) is 0 Å². The van der Waals surface area contributed by atoms with Crippen molar-refractivity contribution in [2.45, 2.75) is 12.2 Å². The quantitative estimate of drug-likeness (QED) is 0.590. The number of aliphatic imine (C=N–C) groups is 1. The minimum Gasteiger partial charge on any atom is -0.339 e. The second kappa shape index (κ2) is 2.52. The highest BCUT2D eigenvalue weighted by Gasteiger charge is 2.39. The molecule has 0 aliphatic carbocycles. The van der Waals surface area contributed by atoms with Crippen molar-refractivity contribution < 1.29 is 18.0 Å². The first kappa shape index (κ1) is 8.03. The first-order chi connectivity index (χ1) is 5.00. The average Bonchev–Trinajstić information content (AvgIpc) is 1.75. The summed E-state index contributed by atoms with van der Waals surface area (Å²) in [5, 5.41) is 1.74. The van der Waals surface area contributed by atoms with Crippen molar-refractivity contribution >= 4 is 12.1 Å². The van der Waals surface area contributed by atoms with Crippen LogP contribution >= 0.6 is 0 Å². The molecule has 3 nitrogen and oxygen atoms in total. The second-order valence-electron chi connectivity index (χ2n) is 2.09. The summed E-state index contributed by atoms with van der Waals surface area (Å²) in [4.78, 5) is 13.7. The molecule has 0 aromatic heterocycles. The molecule has 1 aliphatic heterocycles. The van der Waals surface area contributed by atoms with Gasteiger partial charge in [-0.15, -0.1) is 0 Å². The summed E-state index contributed by atoms with van der Waals surface area (Å²) in [6, 6.07) is -0.538. The lowest BCUT2D eigenvalue weighted by molar-refractivity contribution is -0.173. The van der Waals surface area contributed by atoms with Gasteiger partial charge in [-0.05, 0) is 0 Å². The minimum absolute atomic E-state index is 0.238. The summed E-state index contributed by atoms with van der Waals surface area (Å²) in [6.07, 6.45) is -3.52. The van der Waals surface area contributed by atoms with Crippen molar-refractivity contribution in [1.82, 2.24) is 5.32 Å². The third-order valence-electron chi connectivity index (χ3n) is 1.16. The first-order valence-corrected chi connectivity index (χ1v) is 2.88. The van der Waals surface area contributed by atoms with Crippen LogP contribution in [0.1, 0.15) is 0 Å². The summed E-state index contributed by atoms with van der Waals surface area (Å²) in [5.41, 5.74) is 0. The van der Waals surface area contributed by atoms with E-state index in [0.717, 1.165) is 0 Å². The van der Waals surface area contributed by atoms with Gasteiger partial charge in [-0.3, -0.25) is 9.79 Å². The summed E-state index contributed by atoms with van der Waals surface area (Å²) in [7, 11) is 0. The Labute approximate surface area is 60.3 Å². The van der Waals surface area contributed by atoms with Gasteiger partial charge < -0.3 is 5.32 Å². The average molecular weight is 166 g/mol. The van der Waals surface area contributed by atoms with Crippen LogP contribution < -0.4 is 5.32 Å². The van der Waals surface area contributed by atoms with E-state index in [4.69, 9.17) is 0 Å². The standard InChI is InChI=1S/C5H5F3N2O/c6-5(7,8)4(11)10-3-1-9-2-3/h1,3H,2H2,(H,10,11). The number of nitrogens with one attached hydrogen (secondary N) is 1. The fourth-order valence-electron chi connectivity index (χ4n) is 0.544. The Morgan fingerprint density at radius 2 is 2.18 bits per heavy atom. The molecule has 1 amide bonds. The van der Waals surface area contributed by atoms with Crippen LogP contribution in [-0.4, -0.2) is 30.9 Å². The molecule has 0 saturated heterocycles. The van der Waals surface area contributed by atoms with Gasteiger partial charge >= 0.3 is 12.1 Å². The van der Waals surface area contributed by atoms with E-state index in [1.54, 1.807) is 5.32 Å². The molecule has 0 radical (unpaired) electrons. The first-order valence-electron chi connectivity index (χ1n) is 2.88. The molecule has 0 aromatic rings. The number of carbonyl (C=O) groups is 1. The minimum atomic E-state index is -4.79. The maximum Gasteiger partial charge on any atom is 0.471 e. The molecule has 1 heterocycles. The molecule has 0 aromatic carbocycles. The second-order valence-corrected chi connectivity index (χ2v) is 2.09. The van der Waals surface area contributed by atoms with Gasteiger partial charge in [0.05, 0.1) is 12.6 Å². The van der Waals surface area contributed by atoms with E-state index >= 15 is 0 Å². The molecule has 1 aliphatic rings. The lowest BCUT2D eigenvalue weighted by atomic mass is 10.2. The Kier molecular flexibility index (Phi) is 1.84. The molecule has 1 N–H and O–H groups in total. The molecule has 11 heavy (non-hydrogen) atoms. The van der Waals surface area contributed by atoms with Crippen molar-refractivity contribution in [3.8, 4) is 0 Å². The van der Waals surface area contributed by atoms with Gasteiger partial charge in [-0.1, -0.05) is 0 Å². The number of nitrogens with zero attached hydrogens (tertiary/aromatic N) is 1. The van der Waals surface area contributed by atoms with Crippen molar-refractivity contribution in [1.29, 1.82) is 0 Å². The Morgan fingerprint density at radius 1 is 1.64 bits per heavy atom. The van der Waals surface area contributed by atoms with Gasteiger partial charge in [0, 0.05) is 6.21 Å². The molecule has 0 bridgehead atoms. The van der Waals surface area contributed by atoms with Gasteiger partial charge in [0.1, 0.15) is 0 Å². The van der Waals surface area contributed by atoms with Crippen molar-refractivity contribution in [2.75, 3.05) is 6.54 Å². The summed E-state index contributed by atoms with van der Waals surface area (Å²) in [6.45, 7) is 0.238. The zero-order valence-corrected chi connectivity index (χ0v) is 5.35. The largest absolute Gasteiger partial charge is 0.471 e. The van der Waals surface area contributed by atoms with Crippen LogP contribution in [0.4, 0.5) is 13.2 Å². The lowest BCUT2D eigenvalue weighted by Crippen LogP contribution is -2.48. The molecule has 6 heteroatoms. The van der Waals surface area contributed by atoms with Crippen LogP contribution in [0.3, 0.4) is 0 Å². The monoisotopic (exact) mass is 166 g/mol. The van der Waals surface area contributed by atoms with Crippen LogP contribution in [0.25, 0.3) is 0 Å². The molecule has 1 unspecified atom stereocenters. The van der Waals surface area contributed by atoms with E-state index in [1.807, 2.05) is 0 Å². The molecule has 1 rings (SSSR count). The van der Waals surface area contributed by atoms with E-state index in [2.05, 4.69) is 4.99 Å². The topological polar surface area (TPSA) is 41.5 Å². The lowest BCUT2D eigenvalue weighted by Gasteiger charge is -2.18. The number of carbonyl (C=O) groups excluding carboxylic acids is 1. The number of halogens is 3. The molecule has 1 atom stereocenters. The van der Waals surface area contributed by atoms with Crippen molar-refractivity contribution in [3.05, 3.63) is 0 Å². The number of hydrogen-bond acceptors (Lipinski definition) is 2. The van der Waals surface area contributed by atoms with Gasteiger partial charge in [0.25, 0.3) is 0 Å². The summed E-state index contributed by atoms with van der Waals surface area (Å²) >= 11 is 0. The van der Waals surface area contributed by atoms with E-state index in [9.17, 15) is 18.0 Å². The highest BCUT2D eigenvalue weighted by Crippen LogP contribution is 2.14. The number of alkyl halides is 3. The maximum atomic E-state index is 11.5. The van der Waals surface area contributed by atoms with Crippen LogP contribution in [0.15, 0.2) is 4.99 Å². The maximum absolute atomic E-state index is 11.5. The molecule has 0 saturated carbocycles. The normalized spacial score (nSPS) is 22.6. The molecule has 62 valence electrons. The SMILES string of the molecule is O=C(NC1C=NC1)C(F)(F)F. The van der Waals surface area contributed by atoms with E-state index in [0.29, 0.717) is 0 Å². The fourth-order valence-corrected chi connectivity index (χ4v) is 0.544. The fraction of sp³-hybridized carbons (Fsp3) is 0.600. The van der Waals surface area contributed by atoms with Crippen LogP contribution in [0.2, 0.25) is 0 Å². The Hall–Kier alpha value is -1.07. The number of rotatable bonds is 1. The van der Waals surface area contributed by atoms with Gasteiger partial charge in [0.2, 0.25) is 0 Å². The zero-order valence-electron chi connectivity index (χ0n) is 5.35.